The summed E-state index contributed by atoms with van der Waals surface area (Å²) in [5.41, 5.74) is 0.657. The first-order valence-electron chi connectivity index (χ1n) is 10.2. The summed E-state index contributed by atoms with van der Waals surface area (Å²) in [6, 6.07) is 9.80. The van der Waals surface area contributed by atoms with Crippen LogP contribution < -0.4 is 5.43 Å². The van der Waals surface area contributed by atoms with E-state index >= 15 is 0 Å². The van der Waals surface area contributed by atoms with Crippen LogP contribution in [0.25, 0.3) is 11.0 Å². The van der Waals surface area contributed by atoms with Crippen LogP contribution in [-0.2, 0) is 6.54 Å². The van der Waals surface area contributed by atoms with Crippen molar-refractivity contribution in [3.8, 4) is 0 Å². The average molecular weight is 465 g/mol. The first-order chi connectivity index (χ1) is 15.9. The van der Waals surface area contributed by atoms with Gasteiger partial charge in [0, 0.05) is 42.6 Å². The van der Waals surface area contributed by atoms with Crippen molar-refractivity contribution >= 4 is 34.2 Å². The lowest BCUT2D eigenvalue weighted by atomic mass is 9.98. The van der Waals surface area contributed by atoms with E-state index in [1.54, 1.807) is 41.7 Å². The molecule has 0 unspecified atom stereocenters. The molecule has 1 amide bonds. The van der Waals surface area contributed by atoms with Gasteiger partial charge in [0.2, 0.25) is 5.76 Å². The number of nitro benzene ring substituents is 1. The maximum absolute atomic E-state index is 13.5. The Kier molecular flexibility index (Phi) is 5.18. The van der Waals surface area contributed by atoms with Crippen LogP contribution in [0.2, 0.25) is 5.02 Å². The highest BCUT2D eigenvalue weighted by Gasteiger charge is 2.42. The highest BCUT2D eigenvalue weighted by atomic mass is 35.5. The largest absolute Gasteiger partial charge is 0.450 e. The van der Waals surface area contributed by atoms with E-state index in [1.165, 1.54) is 18.2 Å². The van der Waals surface area contributed by atoms with Crippen LogP contribution in [-0.4, -0.2) is 31.8 Å². The molecule has 0 bridgehead atoms. The molecule has 2 aromatic heterocycles. The molecule has 0 N–H and O–H groups in total. The van der Waals surface area contributed by atoms with Crippen LogP contribution in [0.15, 0.2) is 70.4 Å². The zero-order valence-corrected chi connectivity index (χ0v) is 17.9. The van der Waals surface area contributed by atoms with Gasteiger partial charge in [-0.05, 0) is 42.3 Å². The normalized spacial score (nSPS) is 15.2. The number of benzene rings is 2. The van der Waals surface area contributed by atoms with Gasteiger partial charge in [-0.3, -0.25) is 19.7 Å². The number of nitro groups is 1. The van der Waals surface area contributed by atoms with Crippen molar-refractivity contribution in [1.29, 1.82) is 0 Å². The van der Waals surface area contributed by atoms with E-state index in [0.29, 0.717) is 30.1 Å². The van der Waals surface area contributed by atoms with Gasteiger partial charge in [0.05, 0.1) is 28.2 Å². The minimum Gasteiger partial charge on any atom is -0.450 e. The maximum Gasteiger partial charge on any atom is 0.290 e. The fraction of sp³-hybridized carbons (Fsp3) is 0.174. The van der Waals surface area contributed by atoms with Crippen molar-refractivity contribution in [2.24, 2.45) is 0 Å². The van der Waals surface area contributed by atoms with Crippen LogP contribution in [0.5, 0.6) is 0 Å². The van der Waals surface area contributed by atoms with Crippen LogP contribution in [0.3, 0.4) is 0 Å². The fourth-order valence-corrected chi connectivity index (χ4v) is 4.36. The number of nitrogens with zero attached hydrogens (tertiary/aromatic N) is 4. The van der Waals surface area contributed by atoms with Crippen molar-refractivity contribution < 1.29 is 14.1 Å². The van der Waals surface area contributed by atoms with Crippen molar-refractivity contribution in [1.82, 2.24) is 14.5 Å². The highest BCUT2D eigenvalue weighted by molar-refractivity contribution is 6.31. The molecular formula is C23H17ClN4O5. The molecule has 1 aliphatic heterocycles. The van der Waals surface area contributed by atoms with E-state index in [0.717, 1.165) is 0 Å². The minimum atomic E-state index is -0.726. The molecule has 4 aromatic rings. The molecular weight excluding hydrogens is 448 g/mol. The number of imidazole rings is 1. The maximum atomic E-state index is 13.5. The molecule has 9 nitrogen and oxygen atoms in total. The molecule has 0 fully saturated rings. The van der Waals surface area contributed by atoms with Crippen LogP contribution in [0.4, 0.5) is 5.69 Å². The number of hydrogen-bond acceptors (Lipinski definition) is 6. The standard InChI is InChI=1S/C23H17ClN4O5/c24-15-4-7-18-17(12-15)21(29)19-20(14-2-5-16(6-3-14)28(31)32)27(23(30)22(19)33-18)10-1-9-26-11-8-25-13-26/h2-8,11-13,20H,1,9-10H2/t20-/m0/s1. The zero-order chi connectivity index (χ0) is 23.1. The van der Waals surface area contributed by atoms with E-state index < -0.39 is 16.9 Å². The van der Waals surface area contributed by atoms with Gasteiger partial charge >= 0.3 is 0 Å². The number of rotatable bonds is 6. The summed E-state index contributed by atoms with van der Waals surface area (Å²) in [7, 11) is 0. The second kappa shape index (κ2) is 8.18. The van der Waals surface area contributed by atoms with E-state index in [9.17, 15) is 19.7 Å². The van der Waals surface area contributed by atoms with E-state index in [4.69, 9.17) is 16.0 Å². The van der Waals surface area contributed by atoms with E-state index in [-0.39, 0.29) is 33.4 Å². The molecule has 166 valence electrons. The van der Waals surface area contributed by atoms with Crippen LogP contribution >= 0.6 is 11.6 Å². The molecule has 33 heavy (non-hydrogen) atoms. The lowest BCUT2D eigenvalue weighted by Crippen LogP contribution is -2.31. The van der Waals surface area contributed by atoms with Gasteiger partial charge in [-0.25, -0.2) is 4.98 Å². The van der Waals surface area contributed by atoms with Crippen LogP contribution in [0.1, 0.15) is 34.1 Å². The Balaban J connectivity index is 1.60. The summed E-state index contributed by atoms with van der Waals surface area (Å²) in [5, 5.41) is 11.7. The summed E-state index contributed by atoms with van der Waals surface area (Å²) in [5.74, 6) is -0.409. The van der Waals surface area contributed by atoms with E-state index in [2.05, 4.69) is 4.98 Å². The minimum absolute atomic E-state index is 0.0131. The van der Waals surface area contributed by atoms with Gasteiger partial charge in [-0.2, -0.15) is 0 Å². The lowest BCUT2D eigenvalue weighted by Gasteiger charge is -2.25. The Morgan fingerprint density at radius 1 is 1.12 bits per heavy atom. The third-order valence-electron chi connectivity index (χ3n) is 5.72. The predicted octanol–water partition coefficient (Wildman–Crippen LogP) is 4.19. The monoisotopic (exact) mass is 464 g/mol. The Labute approximate surface area is 192 Å². The quantitative estimate of drug-likeness (QED) is 0.312. The average Bonchev–Trinajstić information content (AvgIpc) is 3.42. The summed E-state index contributed by atoms with van der Waals surface area (Å²) >= 11 is 6.09. The predicted molar refractivity (Wildman–Crippen MR) is 120 cm³/mol. The second-order valence-electron chi connectivity index (χ2n) is 7.72. The number of halogens is 1. The van der Waals surface area contributed by atoms with Gasteiger partial charge < -0.3 is 13.9 Å². The number of hydrogen-bond donors (Lipinski definition) is 0. The molecule has 3 heterocycles. The van der Waals surface area contributed by atoms with Crippen LogP contribution in [0, 0.1) is 10.1 Å². The van der Waals surface area contributed by atoms with Crippen molar-refractivity contribution in [2.75, 3.05) is 6.54 Å². The number of carbonyl (C=O) groups excluding carboxylic acids is 1. The van der Waals surface area contributed by atoms with Gasteiger partial charge in [-0.1, -0.05) is 11.6 Å². The topological polar surface area (TPSA) is 111 Å². The SMILES string of the molecule is O=C1c2oc3ccc(Cl)cc3c(=O)c2[C@H](c2ccc([N+](=O)[O-])cc2)N1CCCn1ccnc1. The van der Waals surface area contributed by atoms with Crippen molar-refractivity contribution in [2.45, 2.75) is 19.0 Å². The van der Waals surface area contributed by atoms with Gasteiger partial charge in [-0.15, -0.1) is 0 Å². The molecule has 0 aliphatic carbocycles. The zero-order valence-electron chi connectivity index (χ0n) is 17.2. The van der Waals surface area contributed by atoms with Gasteiger partial charge in [0.25, 0.3) is 11.6 Å². The van der Waals surface area contributed by atoms with E-state index in [1.807, 2.05) is 10.8 Å². The third kappa shape index (κ3) is 3.66. The first kappa shape index (κ1) is 20.9. The number of carbonyl (C=O) groups is 1. The molecule has 1 atom stereocenters. The number of fused-ring (bicyclic) bond motifs is 2. The summed E-state index contributed by atoms with van der Waals surface area (Å²) in [6.45, 7) is 0.978. The number of aryl methyl sites for hydroxylation is 1. The molecule has 1 aliphatic rings. The van der Waals surface area contributed by atoms with Gasteiger partial charge in [0.15, 0.2) is 5.43 Å². The lowest BCUT2D eigenvalue weighted by molar-refractivity contribution is -0.384. The number of amides is 1. The molecule has 0 spiro atoms. The Hall–Kier alpha value is -3.98. The molecule has 0 saturated carbocycles. The fourth-order valence-electron chi connectivity index (χ4n) is 4.19. The molecule has 0 saturated heterocycles. The highest BCUT2D eigenvalue weighted by Crippen LogP contribution is 2.38. The second-order valence-corrected chi connectivity index (χ2v) is 8.15. The third-order valence-corrected chi connectivity index (χ3v) is 5.96. The summed E-state index contributed by atoms with van der Waals surface area (Å²) in [4.78, 5) is 43.0. The van der Waals surface area contributed by atoms with Crippen molar-refractivity contribution in [3.63, 3.8) is 0 Å². The summed E-state index contributed by atoms with van der Waals surface area (Å²) < 4.78 is 7.77. The van der Waals surface area contributed by atoms with Gasteiger partial charge in [0.1, 0.15) is 5.58 Å². The Morgan fingerprint density at radius 2 is 1.91 bits per heavy atom. The van der Waals surface area contributed by atoms with Crippen molar-refractivity contribution in [3.05, 3.63) is 103 Å². The molecule has 5 rings (SSSR count). The number of aromatic nitrogens is 2. The molecule has 2 aromatic carbocycles. The number of non-ortho nitro benzene ring substituents is 1. The smallest absolute Gasteiger partial charge is 0.290 e. The first-order valence-corrected chi connectivity index (χ1v) is 10.6. The Morgan fingerprint density at radius 3 is 2.61 bits per heavy atom. The summed E-state index contributed by atoms with van der Waals surface area (Å²) in [6.07, 6.45) is 5.81. The Bertz CT molecular complexity index is 1430. The molecule has 0 radical (unpaired) electrons. The molecule has 10 heteroatoms.